The van der Waals surface area contributed by atoms with Crippen LogP contribution in [0, 0.1) is 5.92 Å². The minimum absolute atomic E-state index is 0.0161. The quantitative estimate of drug-likeness (QED) is 0.558. The average Bonchev–Trinajstić information content (AvgIpc) is 3.03. The summed E-state index contributed by atoms with van der Waals surface area (Å²) in [6, 6.07) is 12.5. The molecule has 2 aromatic rings. The molecule has 1 fully saturated rings. The Bertz CT molecular complexity index is 1220. The van der Waals surface area contributed by atoms with Gasteiger partial charge in [0.1, 0.15) is 18.5 Å². The van der Waals surface area contributed by atoms with Crippen molar-refractivity contribution in [3.05, 3.63) is 82.4 Å². The molecule has 0 amide bonds. The number of hydrogen-bond acceptors (Lipinski definition) is 5. The number of halogens is 2. The topological polar surface area (TPSA) is 65.3 Å². The highest BCUT2D eigenvalue weighted by atomic mass is 35.5. The van der Waals surface area contributed by atoms with Crippen LogP contribution in [0.2, 0.25) is 5.02 Å². The first-order valence-corrected chi connectivity index (χ1v) is 13.3. The molecule has 4 unspecified atom stereocenters. The standard InChI is InChI=1S/C30H34ClFN2O3/c1-29(2,36)21-9-12-27-25(17-21)23(24-5-3-14-33-26(24)19-37-27)6-4-15-34-16-13-30(32,28(35)18-34)20-7-10-22(31)11-8-20/h3,5-12,14,17,24,26,28,35-36H,4,13,15-16,18-19H2,1-2H3/b23-6+. The Morgan fingerprint density at radius 3 is 2.76 bits per heavy atom. The molecule has 37 heavy (non-hydrogen) atoms. The summed E-state index contributed by atoms with van der Waals surface area (Å²) in [5.41, 5.74) is 0.637. The number of aliphatic hydroxyl groups is 2. The van der Waals surface area contributed by atoms with Crippen LogP contribution in [0.25, 0.3) is 5.57 Å². The normalized spacial score (nSPS) is 28.9. The number of allylic oxidation sites excluding steroid dienone is 1. The summed E-state index contributed by atoms with van der Waals surface area (Å²) in [5.74, 6) is 0.856. The fourth-order valence-electron chi connectivity index (χ4n) is 5.51. The van der Waals surface area contributed by atoms with Crippen LogP contribution in [0.4, 0.5) is 4.39 Å². The molecule has 0 aromatic heterocycles. The van der Waals surface area contributed by atoms with Gasteiger partial charge in [-0.05, 0) is 67.3 Å². The van der Waals surface area contributed by atoms with E-state index < -0.39 is 17.4 Å². The summed E-state index contributed by atoms with van der Waals surface area (Å²) < 4.78 is 21.9. The molecule has 0 saturated carbocycles. The Morgan fingerprint density at radius 1 is 1.24 bits per heavy atom. The van der Waals surface area contributed by atoms with E-state index in [4.69, 9.17) is 16.3 Å². The van der Waals surface area contributed by atoms with Crippen LogP contribution in [0.15, 0.2) is 65.7 Å². The van der Waals surface area contributed by atoms with Crippen molar-refractivity contribution >= 4 is 23.4 Å². The molecule has 3 heterocycles. The molecular weight excluding hydrogens is 491 g/mol. The molecule has 196 valence electrons. The van der Waals surface area contributed by atoms with Crippen LogP contribution in [0.3, 0.4) is 0 Å². The third-order valence-electron chi connectivity index (χ3n) is 7.75. The Labute approximate surface area is 222 Å². The summed E-state index contributed by atoms with van der Waals surface area (Å²) in [6.07, 6.45) is 8.00. The van der Waals surface area contributed by atoms with Gasteiger partial charge < -0.3 is 19.8 Å². The second-order valence-electron chi connectivity index (χ2n) is 10.7. The number of nitrogens with zero attached hydrogens (tertiary/aromatic N) is 2. The molecule has 0 aliphatic carbocycles. The molecular formula is C30H34ClFN2O3. The third-order valence-corrected chi connectivity index (χ3v) is 8.00. The number of benzene rings is 2. The molecule has 3 aliphatic rings. The van der Waals surface area contributed by atoms with Crippen LogP contribution in [-0.2, 0) is 11.3 Å². The number of likely N-dealkylation sites (tertiary alicyclic amines) is 1. The zero-order valence-electron chi connectivity index (χ0n) is 21.3. The van der Waals surface area contributed by atoms with E-state index in [-0.39, 0.29) is 24.9 Å². The van der Waals surface area contributed by atoms with E-state index in [0.717, 1.165) is 28.9 Å². The van der Waals surface area contributed by atoms with Crippen molar-refractivity contribution in [2.45, 2.75) is 50.1 Å². The number of β-amino-alcohol motifs (C(OH)–C–C–N with tert-alkyl or cyclic N) is 1. The number of alkyl halides is 1. The van der Waals surface area contributed by atoms with Crippen molar-refractivity contribution in [3.63, 3.8) is 0 Å². The number of aliphatic imine (C=N–C) groups is 1. The molecule has 2 N–H and O–H groups in total. The van der Waals surface area contributed by atoms with Gasteiger partial charge in [0.2, 0.25) is 0 Å². The lowest BCUT2D eigenvalue weighted by Gasteiger charge is -2.40. The lowest BCUT2D eigenvalue weighted by atomic mass is 9.83. The molecule has 3 aliphatic heterocycles. The van der Waals surface area contributed by atoms with E-state index in [1.165, 1.54) is 0 Å². The van der Waals surface area contributed by atoms with Crippen molar-refractivity contribution < 1.29 is 19.3 Å². The Balaban J connectivity index is 1.34. The summed E-state index contributed by atoms with van der Waals surface area (Å²) in [4.78, 5) is 6.77. The largest absolute Gasteiger partial charge is 0.491 e. The lowest BCUT2D eigenvalue weighted by molar-refractivity contribution is -0.0711. The minimum atomic E-state index is -1.78. The summed E-state index contributed by atoms with van der Waals surface area (Å²) in [6.45, 7) is 5.56. The first-order chi connectivity index (χ1) is 17.6. The third kappa shape index (κ3) is 5.39. The number of dihydropyridines is 1. The number of rotatable bonds is 5. The van der Waals surface area contributed by atoms with Crippen molar-refractivity contribution in [2.24, 2.45) is 10.9 Å². The van der Waals surface area contributed by atoms with Crippen molar-refractivity contribution in [1.29, 1.82) is 0 Å². The van der Waals surface area contributed by atoms with Gasteiger partial charge >= 0.3 is 0 Å². The van der Waals surface area contributed by atoms with Gasteiger partial charge in [0, 0.05) is 48.8 Å². The molecule has 0 bridgehead atoms. The van der Waals surface area contributed by atoms with Crippen LogP contribution in [0.1, 0.15) is 43.4 Å². The first kappa shape index (κ1) is 26.1. The molecule has 0 radical (unpaired) electrons. The van der Waals surface area contributed by atoms with Gasteiger partial charge in [-0.1, -0.05) is 42.0 Å². The number of aliphatic hydroxyl groups excluding tert-OH is 1. The number of ether oxygens (including phenoxy) is 1. The molecule has 0 spiro atoms. The van der Waals surface area contributed by atoms with E-state index in [2.05, 4.69) is 22.0 Å². The fourth-order valence-corrected chi connectivity index (χ4v) is 5.63. The molecule has 7 heteroatoms. The number of piperidine rings is 1. The fraction of sp³-hybridized carbons (Fsp3) is 0.433. The molecule has 5 rings (SSSR count). The van der Waals surface area contributed by atoms with Gasteiger partial charge in [0.15, 0.2) is 5.67 Å². The zero-order valence-corrected chi connectivity index (χ0v) is 22.0. The van der Waals surface area contributed by atoms with E-state index >= 15 is 4.39 Å². The molecule has 2 aromatic carbocycles. The van der Waals surface area contributed by atoms with E-state index in [9.17, 15) is 10.2 Å². The summed E-state index contributed by atoms with van der Waals surface area (Å²) in [5, 5.41) is 21.9. The predicted molar refractivity (Wildman–Crippen MR) is 146 cm³/mol. The Hall–Kier alpha value is -2.51. The van der Waals surface area contributed by atoms with Gasteiger partial charge in [0.05, 0.1) is 11.6 Å². The van der Waals surface area contributed by atoms with Crippen molar-refractivity contribution in [1.82, 2.24) is 4.90 Å². The molecule has 1 saturated heterocycles. The van der Waals surface area contributed by atoms with Gasteiger partial charge in [-0.25, -0.2) is 4.39 Å². The average molecular weight is 525 g/mol. The zero-order chi connectivity index (χ0) is 26.2. The Kier molecular flexibility index (Phi) is 7.29. The molecule has 4 atom stereocenters. The maximum Gasteiger partial charge on any atom is 0.164 e. The van der Waals surface area contributed by atoms with Crippen molar-refractivity contribution in [2.75, 3.05) is 26.2 Å². The van der Waals surface area contributed by atoms with Gasteiger partial charge in [-0.3, -0.25) is 4.99 Å². The summed E-state index contributed by atoms with van der Waals surface area (Å²) in [7, 11) is 0. The van der Waals surface area contributed by atoms with E-state index in [1.54, 1.807) is 38.1 Å². The van der Waals surface area contributed by atoms with Gasteiger partial charge in [0.25, 0.3) is 0 Å². The first-order valence-electron chi connectivity index (χ1n) is 12.9. The number of hydrogen-bond donors (Lipinski definition) is 2. The van der Waals surface area contributed by atoms with Gasteiger partial charge in [-0.15, -0.1) is 0 Å². The monoisotopic (exact) mass is 524 g/mol. The van der Waals surface area contributed by atoms with E-state index in [1.807, 2.05) is 30.5 Å². The van der Waals surface area contributed by atoms with Crippen LogP contribution >= 0.6 is 11.6 Å². The maximum atomic E-state index is 15.8. The smallest absolute Gasteiger partial charge is 0.164 e. The van der Waals surface area contributed by atoms with Crippen LogP contribution in [0.5, 0.6) is 5.75 Å². The second-order valence-corrected chi connectivity index (χ2v) is 11.2. The minimum Gasteiger partial charge on any atom is -0.491 e. The lowest BCUT2D eigenvalue weighted by Crippen LogP contribution is -2.51. The molecule has 5 nitrogen and oxygen atoms in total. The van der Waals surface area contributed by atoms with Gasteiger partial charge in [-0.2, -0.15) is 0 Å². The second kappa shape index (κ2) is 10.3. The van der Waals surface area contributed by atoms with Crippen molar-refractivity contribution in [3.8, 4) is 5.75 Å². The van der Waals surface area contributed by atoms with E-state index in [0.29, 0.717) is 30.3 Å². The predicted octanol–water partition coefficient (Wildman–Crippen LogP) is 5.29. The van der Waals surface area contributed by atoms with Crippen LogP contribution in [-0.4, -0.2) is 59.7 Å². The highest BCUT2D eigenvalue weighted by molar-refractivity contribution is 6.30. The Morgan fingerprint density at radius 2 is 2.03 bits per heavy atom. The highest BCUT2D eigenvalue weighted by Gasteiger charge is 2.44. The number of fused-ring (bicyclic) bond motifs is 2. The maximum absolute atomic E-state index is 15.8. The van der Waals surface area contributed by atoms with Crippen LogP contribution < -0.4 is 4.74 Å². The summed E-state index contributed by atoms with van der Waals surface area (Å²) >= 11 is 5.96. The highest BCUT2D eigenvalue weighted by Crippen LogP contribution is 2.41. The SMILES string of the molecule is CC(C)(O)c1ccc2c(c1)/C(=C/CCN1CCC(F)(c3ccc(Cl)cc3)C(O)C1)C1C=CC=NC1CO2.